The standard InChI is InChI=1S/C46H32Cl3FN6O4/c1-25-30(45(57)54-23-27-11-14-52-43(48)17-27)5-3-7-39(25)59-41-13-16-51-36-21-35(47)33(20-34(36)41)38-22-42(32-10-9-29(50)19-37(32)56-38)60-40-8-4-6-31(26(40)2)46(58)55-24-28-12-15-53-44(49)18-28/h3-22H,23-24H2,1-2H3,(H,54,57)(H,55,58). The van der Waals surface area contributed by atoms with E-state index in [9.17, 15) is 14.0 Å². The molecule has 2 N–H and O–H groups in total. The number of fused-ring (bicyclic) bond motifs is 2. The van der Waals surface area contributed by atoms with Gasteiger partial charge in [0.05, 0.1) is 21.7 Å². The maximum atomic E-state index is 14.7. The summed E-state index contributed by atoms with van der Waals surface area (Å²) in [6, 6.07) is 28.5. The largest absolute Gasteiger partial charge is 0.456 e. The van der Waals surface area contributed by atoms with E-state index in [1.807, 2.05) is 6.92 Å². The van der Waals surface area contributed by atoms with Crippen molar-refractivity contribution in [1.82, 2.24) is 30.6 Å². The molecular weight excluding hydrogens is 826 g/mol. The molecule has 0 aliphatic heterocycles. The van der Waals surface area contributed by atoms with Crippen LogP contribution in [0.3, 0.4) is 0 Å². The minimum absolute atomic E-state index is 0.247. The molecule has 298 valence electrons. The number of halogens is 4. The first-order chi connectivity index (χ1) is 29.0. The summed E-state index contributed by atoms with van der Waals surface area (Å²) in [5.41, 5.74) is 5.42. The molecule has 0 aliphatic rings. The molecule has 0 atom stereocenters. The van der Waals surface area contributed by atoms with Crippen molar-refractivity contribution in [2.45, 2.75) is 26.9 Å². The number of pyridine rings is 4. The summed E-state index contributed by atoms with van der Waals surface area (Å²) < 4.78 is 27.7. The molecule has 0 spiro atoms. The van der Waals surface area contributed by atoms with Crippen LogP contribution in [0.2, 0.25) is 15.3 Å². The quantitative estimate of drug-likeness (QED) is 0.123. The van der Waals surface area contributed by atoms with E-state index in [1.54, 1.807) is 117 Å². The monoisotopic (exact) mass is 856 g/mol. The van der Waals surface area contributed by atoms with Crippen LogP contribution in [-0.4, -0.2) is 31.8 Å². The number of aromatic nitrogens is 4. The van der Waals surface area contributed by atoms with Crippen LogP contribution in [0.25, 0.3) is 33.1 Å². The molecule has 0 saturated carbocycles. The van der Waals surface area contributed by atoms with Crippen molar-refractivity contribution < 1.29 is 23.5 Å². The zero-order chi connectivity index (χ0) is 41.9. The number of benzene rings is 4. The van der Waals surface area contributed by atoms with E-state index in [1.165, 1.54) is 12.1 Å². The molecule has 4 aromatic heterocycles. The van der Waals surface area contributed by atoms with Gasteiger partial charge in [0.2, 0.25) is 0 Å². The Hall–Kier alpha value is -6.66. The molecule has 0 fully saturated rings. The Morgan fingerprint density at radius 3 is 1.78 bits per heavy atom. The van der Waals surface area contributed by atoms with E-state index in [4.69, 9.17) is 49.3 Å². The van der Waals surface area contributed by atoms with Crippen LogP contribution in [0.4, 0.5) is 4.39 Å². The van der Waals surface area contributed by atoms with E-state index < -0.39 is 5.82 Å². The highest BCUT2D eigenvalue weighted by molar-refractivity contribution is 6.34. The van der Waals surface area contributed by atoms with Gasteiger partial charge in [0, 0.05) is 82.4 Å². The molecule has 0 unspecified atom stereocenters. The van der Waals surface area contributed by atoms with Gasteiger partial charge in [-0.05, 0) is 104 Å². The van der Waals surface area contributed by atoms with Gasteiger partial charge in [0.1, 0.15) is 39.1 Å². The summed E-state index contributed by atoms with van der Waals surface area (Å²) in [7, 11) is 0. The number of hydrogen-bond acceptors (Lipinski definition) is 8. The number of ether oxygens (including phenoxy) is 2. The van der Waals surface area contributed by atoms with Crippen molar-refractivity contribution in [1.29, 1.82) is 0 Å². The zero-order valence-electron chi connectivity index (χ0n) is 31.9. The summed E-state index contributed by atoms with van der Waals surface area (Å²) in [6.07, 6.45) is 4.76. The molecule has 4 heterocycles. The summed E-state index contributed by atoms with van der Waals surface area (Å²) >= 11 is 19.0. The van der Waals surface area contributed by atoms with Gasteiger partial charge in [-0.25, -0.2) is 19.3 Å². The topological polar surface area (TPSA) is 128 Å². The Balaban J connectivity index is 1.11. The van der Waals surface area contributed by atoms with E-state index >= 15 is 0 Å². The molecule has 0 bridgehead atoms. The van der Waals surface area contributed by atoms with Crippen molar-refractivity contribution in [2.75, 3.05) is 0 Å². The van der Waals surface area contributed by atoms with Crippen LogP contribution >= 0.6 is 34.8 Å². The van der Waals surface area contributed by atoms with Gasteiger partial charge in [-0.2, -0.15) is 0 Å². The van der Waals surface area contributed by atoms with Gasteiger partial charge in [-0.3, -0.25) is 14.6 Å². The van der Waals surface area contributed by atoms with Crippen molar-refractivity contribution in [3.8, 4) is 34.3 Å². The SMILES string of the molecule is Cc1c(Oc2ccnc3cc(Cl)c(-c4cc(Oc5cccc(C(=O)NCc6ccnc(Cl)c6)c5C)c5ccc(F)cc5n4)cc23)cccc1C(=O)NCc1ccnc(Cl)c1. The molecule has 60 heavy (non-hydrogen) atoms. The third kappa shape index (κ3) is 8.69. The van der Waals surface area contributed by atoms with E-state index in [-0.39, 0.29) is 24.9 Å². The number of carbonyl (C=O) groups excluding carboxylic acids is 2. The summed E-state index contributed by atoms with van der Waals surface area (Å²) in [5.74, 6) is 0.607. The highest BCUT2D eigenvalue weighted by Crippen LogP contribution is 2.41. The number of amides is 2. The van der Waals surface area contributed by atoms with E-state index in [2.05, 4.69) is 25.6 Å². The molecule has 0 saturated heterocycles. The fourth-order valence-electron chi connectivity index (χ4n) is 6.66. The predicted molar refractivity (Wildman–Crippen MR) is 231 cm³/mol. The molecule has 8 aromatic rings. The Morgan fingerprint density at radius 2 is 1.18 bits per heavy atom. The Bertz CT molecular complexity index is 2990. The lowest BCUT2D eigenvalue weighted by Gasteiger charge is -2.16. The van der Waals surface area contributed by atoms with Gasteiger partial charge in [0.25, 0.3) is 11.8 Å². The van der Waals surface area contributed by atoms with Crippen LogP contribution in [-0.2, 0) is 13.1 Å². The Kier molecular flexibility index (Phi) is 11.6. The minimum atomic E-state index is -0.485. The molecule has 14 heteroatoms. The van der Waals surface area contributed by atoms with Crippen LogP contribution < -0.4 is 20.1 Å². The van der Waals surface area contributed by atoms with Crippen LogP contribution in [0.15, 0.2) is 122 Å². The second-order valence-corrected chi connectivity index (χ2v) is 14.9. The molecule has 0 aliphatic carbocycles. The van der Waals surface area contributed by atoms with Crippen LogP contribution in [0, 0.1) is 19.7 Å². The molecule has 10 nitrogen and oxygen atoms in total. The van der Waals surface area contributed by atoms with Crippen LogP contribution in [0.5, 0.6) is 23.0 Å². The zero-order valence-corrected chi connectivity index (χ0v) is 34.2. The smallest absolute Gasteiger partial charge is 0.251 e. The lowest BCUT2D eigenvalue weighted by Crippen LogP contribution is -2.23. The van der Waals surface area contributed by atoms with Gasteiger partial charge >= 0.3 is 0 Å². The second-order valence-electron chi connectivity index (χ2n) is 13.7. The third-order valence-electron chi connectivity index (χ3n) is 9.79. The van der Waals surface area contributed by atoms with Crippen molar-refractivity contribution in [3.05, 3.63) is 176 Å². The fraction of sp³-hybridized carbons (Fsp3) is 0.0870. The minimum Gasteiger partial charge on any atom is -0.456 e. The lowest BCUT2D eigenvalue weighted by atomic mass is 10.0. The Labute approximate surface area is 358 Å². The van der Waals surface area contributed by atoms with Crippen molar-refractivity contribution in [2.24, 2.45) is 0 Å². The van der Waals surface area contributed by atoms with Gasteiger partial charge < -0.3 is 20.1 Å². The van der Waals surface area contributed by atoms with E-state index in [0.717, 1.165) is 11.1 Å². The fourth-order valence-corrected chi connectivity index (χ4v) is 7.31. The van der Waals surface area contributed by atoms with Crippen LogP contribution in [0.1, 0.15) is 43.0 Å². The summed E-state index contributed by atoms with van der Waals surface area (Å²) in [5, 5.41) is 7.98. The first-order valence-corrected chi connectivity index (χ1v) is 19.7. The number of nitrogens with one attached hydrogen (secondary N) is 2. The Morgan fingerprint density at radius 1 is 0.600 bits per heavy atom. The average Bonchev–Trinajstić information content (AvgIpc) is 3.23. The molecule has 4 aromatic carbocycles. The van der Waals surface area contributed by atoms with Crippen molar-refractivity contribution in [3.63, 3.8) is 0 Å². The lowest BCUT2D eigenvalue weighted by molar-refractivity contribution is 0.0942. The highest BCUT2D eigenvalue weighted by Gasteiger charge is 2.20. The van der Waals surface area contributed by atoms with E-state index in [0.29, 0.717) is 93.6 Å². The molecule has 0 radical (unpaired) electrons. The number of hydrogen-bond donors (Lipinski definition) is 2. The van der Waals surface area contributed by atoms with Gasteiger partial charge in [-0.15, -0.1) is 0 Å². The number of carbonyl (C=O) groups is 2. The highest BCUT2D eigenvalue weighted by atomic mass is 35.5. The first kappa shape index (κ1) is 40.1. The molecule has 8 rings (SSSR count). The van der Waals surface area contributed by atoms with Gasteiger partial charge in [-0.1, -0.05) is 46.9 Å². The number of nitrogens with zero attached hydrogens (tertiary/aromatic N) is 4. The third-order valence-corrected chi connectivity index (χ3v) is 10.5. The molecule has 2 amide bonds. The number of rotatable bonds is 11. The maximum Gasteiger partial charge on any atom is 0.251 e. The summed E-state index contributed by atoms with van der Waals surface area (Å²) in [4.78, 5) is 43.9. The average molecular weight is 858 g/mol. The second kappa shape index (κ2) is 17.3. The normalized spacial score (nSPS) is 11.1. The maximum absolute atomic E-state index is 14.7. The van der Waals surface area contributed by atoms with Crippen molar-refractivity contribution >= 4 is 68.4 Å². The summed E-state index contributed by atoms with van der Waals surface area (Å²) in [6.45, 7) is 4.10. The molecular formula is C46H32Cl3FN6O4. The predicted octanol–water partition coefficient (Wildman–Crippen LogP) is 11.4. The van der Waals surface area contributed by atoms with Gasteiger partial charge in [0.15, 0.2) is 0 Å². The first-order valence-electron chi connectivity index (χ1n) is 18.5.